The van der Waals surface area contributed by atoms with Crippen molar-refractivity contribution in [3.63, 3.8) is 0 Å². The topological polar surface area (TPSA) is 50.4 Å². The Kier molecular flexibility index (Phi) is 6.75. The van der Waals surface area contributed by atoms with E-state index in [4.69, 9.17) is 17.0 Å². The summed E-state index contributed by atoms with van der Waals surface area (Å²) in [7, 11) is 0. The number of carbonyl (C=O) groups is 1. The molecule has 0 aromatic heterocycles. The van der Waals surface area contributed by atoms with Gasteiger partial charge in [-0.2, -0.15) is 0 Å². The maximum absolute atomic E-state index is 12.2. The minimum absolute atomic E-state index is 0.233. The van der Waals surface area contributed by atoms with E-state index in [0.29, 0.717) is 18.1 Å². The van der Waals surface area contributed by atoms with Crippen molar-refractivity contribution in [3.05, 3.63) is 58.6 Å². The lowest BCUT2D eigenvalue weighted by atomic mass is 10.2. The standard InChI is InChI=1S/C18H19BrN2O2S/c1-12(2)11-23-14-7-5-6-13(10-14)20-18(24)21-17(22)15-8-3-4-9-16(15)19/h3-10,12H,11H2,1-2H3,(H2,20,21,22,24). The van der Waals surface area contributed by atoms with E-state index in [9.17, 15) is 4.79 Å². The van der Waals surface area contributed by atoms with Gasteiger partial charge < -0.3 is 10.1 Å². The molecule has 0 atom stereocenters. The average molecular weight is 407 g/mol. The van der Waals surface area contributed by atoms with Crippen molar-refractivity contribution < 1.29 is 9.53 Å². The predicted octanol–water partition coefficient (Wildman–Crippen LogP) is 4.61. The summed E-state index contributed by atoms with van der Waals surface area (Å²) in [5.74, 6) is 0.937. The number of halogens is 1. The summed E-state index contributed by atoms with van der Waals surface area (Å²) < 4.78 is 6.40. The molecule has 0 bridgehead atoms. The first-order chi connectivity index (χ1) is 11.5. The SMILES string of the molecule is CC(C)COc1cccc(NC(=S)NC(=O)c2ccccc2Br)c1. The Balaban J connectivity index is 1.96. The molecule has 2 aromatic rings. The summed E-state index contributed by atoms with van der Waals surface area (Å²) in [6, 6.07) is 14.6. The van der Waals surface area contributed by atoms with E-state index in [0.717, 1.165) is 15.9 Å². The van der Waals surface area contributed by atoms with E-state index in [1.165, 1.54) is 0 Å². The van der Waals surface area contributed by atoms with Crippen LogP contribution in [-0.2, 0) is 0 Å². The van der Waals surface area contributed by atoms with Crippen LogP contribution in [0.15, 0.2) is 53.0 Å². The fourth-order valence-electron chi connectivity index (χ4n) is 1.90. The van der Waals surface area contributed by atoms with Gasteiger partial charge in [0.25, 0.3) is 5.91 Å². The third-order valence-electron chi connectivity index (χ3n) is 3.02. The lowest BCUT2D eigenvalue weighted by Gasteiger charge is -2.12. The fraction of sp³-hybridized carbons (Fsp3) is 0.222. The van der Waals surface area contributed by atoms with Gasteiger partial charge in [-0.05, 0) is 58.3 Å². The molecule has 24 heavy (non-hydrogen) atoms. The van der Waals surface area contributed by atoms with Gasteiger partial charge in [-0.15, -0.1) is 0 Å². The van der Waals surface area contributed by atoms with Crippen molar-refractivity contribution in [2.24, 2.45) is 5.92 Å². The van der Waals surface area contributed by atoms with Crippen LogP contribution in [0.3, 0.4) is 0 Å². The maximum Gasteiger partial charge on any atom is 0.258 e. The van der Waals surface area contributed by atoms with E-state index < -0.39 is 0 Å². The lowest BCUT2D eigenvalue weighted by molar-refractivity contribution is 0.0977. The second-order valence-corrected chi connectivity index (χ2v) is 6.88. The Bertz CT molecular complexity index is 734. The summed E-state index contributed by atoms with van der Waals surface area (Å²) in [4.78, 5) is 12.2. The molecule has 0 fully saturated rings. The van der Waals surface area contributed by atoms with Gasteiger partial charge in [0.1, 0.15) is 5.75 Å². The molecule has 6 heteroatoms. The maximum atomic E-state index is 12.2. The molecule has 2 aromatic carbocycles. The van der Waals surface area contributed by atoms with Gasteiger partial charge in [0.05, 0.1) is 12.2 Å². The van der Waals surface area contributed by atoms with Crippen molar-refractivity contribution in [2.75, 3.05) is 11.9 Å². The van der Waals surface area contributed by atoms with Gasteiger partial charge in [-0.3, -0.25) is 10.1 Å². The molecule has 0 heterocycles. The highest BCUT2D eigenvalue weighted by Crippen LogP contribution is 2.18. The van der Waals surface area contributed by atoms with E-state index >= 15 is 0 Å². The van der Waals surface area contributed by atoms with Crippen molar-refractivity contribution in [1.29, 1.82) is 0 Å². The van der Waals surface area contributed by atoms with Crippen LogP contribution in [-0.4, -0.2) is 17.6 Å². The van der Waals surface area contributed by atoms with Gasteiger partial charge >= 0.3 is 0 Å². The van der Waals surface area contributed by atoms with Gasteiger partial charge in [0.15, 0.2) is 5.11 Å². The van der Waals surface area contributed by atoms with E-state index in [1.807, 2.05) is 30.3 Å². The van der Waals surface area contributed by atoms with Crippen LogP contribution in [0, 0.1) is 5.92 Å². The van der Waals surface area contributed by atoms with Crippen LogP contribution in [0.2, 0.25) is 0 Å². The number of benzene rings is 2. The normalized spacial score (nSPS) is 10.3. The molecule has 4 nitrogen and oxygen atoms in total. The molecule has 2 N–H and O–H groups in total. The number of hydrogen-bond acceptors (Lipinski definition) is 3. The number of rotatable bonds is 5. The Morgan fingerprint density at radius 1 is 1.21 bits per heavy atom. The molecule has 0 aliphatic heterocycles. The third kappa shape index (κ3) is 5.62. The molecule has 0 unspecified atom stereocenters. The number of amides is 1. The Labute approximate surface area is 155 Å². The number of anilines is 1. The summed E-state index contributed by atoms with van der Waals surface area (Å²) in [6.07, 6.45) is 0. The molecule has 2 rings (SSSR count). The molecule has 0 aliphatic carbocycles. The van der Waals surface area contributed by atoms with Crippen LogP contribution in [0.4, 0.5) is 5.69 Å². The second kappa shape index (κ2) is 8.80. The van der Waals surface area contributed by atoms with Gasteiger partial charge in [0, 0.05) is 16.2 Å². The monoisotopic (exact) mass is 406 g/mol. The molecule has 0 saturated heterocycles. The molecule has 0 aliphatic rings. The first-order valence-electron chi connectivity index (χ1n) is 7.55. The minimum atomic E-state index is -0.271. The zero-order valence-corrected chi connectivity index (χ0v) is 15.9. The number of nitrogens with one attached hydrogen (secondary N) is 2. The second-order valence-electron chi connectivity index (χ2n) is 5.62. The molecular weight excluding hydrogens is 388 g/mol. The summed E-state index contributed by atoms with van der Waals surface area (Å²) >= 11 is 8.56. The fourth-order valence-corrected chi connectivity index (χ4v) is 2.58. The van der Waals surface area contributed by atoms with Crippen molar-refractivity contribution in [1.82, 2.24) is 5.32 Å². The van der Waals surface area contributed by atoms with Crippen molar-refractivity contribution >= 4 is 44.9 Å². The number of thiocarbonyl (C=S) groups is 1. The van der Waals surface area contributed by atoms with E-state index in [1.54, 1.807) is 18.2 Å². The summed E-state index contributed by atoms with van der Waals surface area (Å²) in [5.41, 5.74) is 1.28. The number of ether oxygens (including phenoxy) is 1. The van der Waals surface area contributed by atoms with Crippen LogP contribution >= 0.6 is 28.1 Å². The zero-order valence-electron chi connectivity index (χ0n) is 13.5. The average Bonchev–Trinajstić information content (AvgIpc) is 2.53. The smallest absolute Gasteiger partial charge is 0.258 e. The minimum Gasteiger partial charge on any atom is -0.493 e. The van der Waals surface area contributed by atoms with Crippen LogP contribution in [0.1, 0.15) is 24.2 Å². The van der Waals surface area contributed by atoms with Crippen LogP contribution in [0.5, 0.6) is 5.75 Å². The largest absolute Gasteiger partial charge is 0.493 e. The quantitative estimate of drug-likeness (QED) is 0.711. The first-order valence-corrected chi connectivity index (χ1v) is 8.75. The summed E-state index contributed by atoms with van der Waals surface area (Å²) in [6.45, 7) is 4.83. The van der Waals surface area contributed by atoms with Gasteiger partial charge in [-0.25, -0.2) is 0 Å². The molecule has 126 valence electrons. The molecule has 1 amide bonds. The Morgan fingerprint density at radius 2 is 1.96 bits per heavy atom. The first kappa shape index (κ1) is 18.4. The number of hydrogen-bond donors (Lipinski definition) is 2. The third-order valence-corrected chi connectivity index (χ3v) is 3.92. The highest BCUT2D eigenvalue weighted by molar-refractivity contribution is 9.10. The highest BCUT2D eigenvalue weighted by atomic mass is 79.9. The lowest BCUT2D eigenvalue weighted by Crippen LogP contribution is -2.34. The van der Waals surface area contributed by atoms with Crippen molar-refractivity contribution in [3.8, 4) is 5.75 Å². The predicted molar refractivity (Wildman–Crippen MR) is 105 cm³/mol. The van der Waals surface area contributed by atoms with Gasteiger partial charge in [0.2, 0.25) is 0 Å². The van der Waals surface area contributed by atoms with Crippen molar-refractivity contribution in [2.45, 2.75) is 13.8 Å². The Morgan fingerprint density at radius 3 is 2.67 bits per heavy atom. The molecule has 0 spiro atoms. The van der Waals surface area contributed by atoms with E-state index in [2.05, 4.69) is 40.4 Å². The highest BCUT2D eigenvalue weighted by Gasteiger charge is 2.11. The molecular formula is C18H19BrN2O2S. The number of carbonyl (C=O) groups excluding carboxylic acids is 1. The van der Waals surface area contributed by atoms with Crippen LogP contribution < -0.4 is 15.4 Å². The van der Waals surface area contributed by atoms with E-state index in [-0.39, 0.29) is 11.0 Å². The van der Waals surface area contributed by atoms with Crippen LogP contribution in [0.25, 0.3) is 0 Å². The van der Waals surface area contributed by atoms with Gasteiger partial charge in [-0.1, -0.05) is 32.0 Å². The molecule has 0 saturated carbocycles. The molecule has 0 radical (unpaired) electrons. The Hall–Kier alpha value is -1.92. The zero-order chi connectivity index (χ0) is 17.5. The summed E-state index contributed by atoms with van der Waals surface area (Å²) in [5, 5.41) is 5.89.